The Morgan fingerprint density at radius 3 is 1.38 bits per heavy atom. The van der Waals surface area contributed by atoms with Gasteiger partial charge in [-0.2, -0.15) is 0 Å². The van der Waals surface area contributed by atoms with Crippen molar-refractivity contribution in [1.29, 1.82) is 0 Å². The molecule has 23 nitrogen and oxygen atoms in total. The van der Waals surface area contributed by atoms with E-state index >= 15 is 0 Å². The Hall–Kier alpha value is -11.3. The van der Waals surface area contributed by atoms with Crippen LogP contribution in [0.4, 0.5) is 34.9 Å². The van der Waals surface area contributed by atoms with E-state index in [1.807, 2.05) is 97.9 Å². The number of hydrogen-bond acceptors (Lipinski definition) is 18. The van der Waals surface area contributed by atoms with Gasteiger partial charge in [0.1, 0.15) is 35.2 Å². The highest BCUT2D eigenvalue weighted by atomic mass is 16.5. The van der Waals surface area contributed by atoms with E-state index in [9.17, 15) is 9.59 Å². The maximum Gasteiger partial charge on any atom is 0.269 e. The topological polar surface area (TPSA) is 288 Å². The Morgan fingerprint density at radius 2 is 0.933 bits per heavy atom. The number of aliphatic hydroxyl groups is 1. The van der Waals surface area contributed by atoms with E-state index in [0.717, 1.165) is 96.9 Å². The molecular formula is C67H67N17O6. The van der Waals surface area contributed by atoms with Gasteiger partial charge in [0.15, 0.2) is 0 Å². The third kappa shape index (κ3) is 15.1. The largest absolute Gasteiger partial charge is 0.497 e. The molecule has 2 atom stereocenters. The van der Waals surface area contributed by atoms with Crippen LogP contribution in [0.3, 0.4) is 0 Å². The van der Waals surface area contributed by atoms with Gasteiger partial charge in [-0.3, -0.25) is 24.5 Å². The average molecular weight is 1210 g/mol. The number of benzene rings is 3. The summed E-state index contributed by atoms with van der Waals surface area (Å²) in [6, 6.07) is 39.8. The molecule has 12 aromatic rings. The van der Waals surface area contributed by atoms with Crippen LogP contribution < -0.4 is 30.2 Å². The first-order valence-corrected chi connectivity index (χ1v) is 29.1. The van der Waals surface area contributed by atoms with E-state index in [4.69, 9.17) is 19.3 Å². The lowest BCUT2D eigenvalue weighted by Gasteiger charge is -2.14. The first kappa shape index (κ1) is 60.4. The van der Waals surface area contributed by atoms with E-state index in [1.165, 1.54) is 11.3 Å². The minimum absolute atomic E-state index is 0.0600. The number of nitrogens with one attached hydrogen (secondary N) is 6. The fourth-order valence-electron chi connectivity index (χ4n) is 10.1. The fourth-order valence-corrected chi connectivity index (χ4v) is 10.1. The van der Waals surface area contributed by atoms with E-state index in [-0.39, 0.29) is 31.1 Å². The van der Waals surface area contributed by atoms with Crippen molar-refractivity contribution in [2.75, 3.05) is 64.5 Å². The number of carbonyl (C=O) groups excluding carboxylic acids is 2. The number of amides is 2. The summed E-state index contributed by atoms with van der Waals surface area (Å²) >= 11 is 0. The first-order chi connectivity index (χ1) is 43.7. The van der Waals surface area contributed by atoms with Crippen molar-refractivity contribution in [3.63, 3.8) is 0 Å². The van der Waals surface area contributed by atoms with Gasteiger partial charge in [-0.25, -0.2) is 29.9 Å². The second-order valence-corrected chi connectivity index (χ2v) is 21.9. The van der Waals surface area contributed by atoms with Gasteiger partial charge in [0.2, 0.25) is 17.8 Å². The monoisotopic (exact) mass is 1210 g/mol. The Morgan fingerprint density at radius 1 is 0.511 bits per heavy atom. The number of ether oxygens (including phenoxy) is 3. The molecule has 13 rings (SSSR count). The summed E-state index contributed by atoms with van der Waals surface area (Å²) in [7, 11) is 8.53. The number of aromatic nitrogens is 12. The van der Waals surface area contributed by atoms with Crippen LogP contribution in [0.15, 0.2) is 165 Å². The van der Waals surface area contributed by atoms with Crippen molar-refractivity contribution in [1.82, 2.24) is 69.6 Å². The van der Waals surface area contributed by atoms with Crippen LogP contribution in [-0.4, -0.2) is 141 Å². The molecule has 9 aromatic heterocycles. The minimum Gasteiger partial charge on any atom is -0.497 e. The lowest BCUT2D eigenvalue weighted by Crippen LogP contribution is -2.21. The number of aryl methyl sites for hydroxylation is 1. The number of carbonyl (C=O) groups is 2. The number of pyridine rings is 3. The summed E-state index contributed by atoms with van der Waals surface area (Å²) in [6.45, 7) is 4.46. The maximum absolute atomic E-state index is 12.2. The summed E-state index contributed by atoms with van der Waals surface area (Å²) in [5.74, 6) is 4.14. The standard InChI is InChI=1S/C26H28N6O2.C22H22N6O3.C19H17N5O/c1-16-4-6-19(12-16)34-20-8-10-27-23(15-20)22-9-11-28-26(31-22)29-18-5-7-21-17(13-18)14-24(30-21)25(33)32(2)3;1-28(2)21(30)20-12-14-11-15(3-4-17(14)26-20)25-22-24-8-6-18(27-22)19-13-16(5-7-23-19)31-10-9-29;1-12-9-13-10-14(3-4-16(13)22-12)23-19-21-8-6-17(24-19)18-11-15(25-2)5-7-20-18/h5,7-11,13-16,19,30H,4,6,12H2,1-3H3,(H,28,29,31);3-8,11-13,26,29H,9-10H2,1-2H3,(H,24,25,27);3-11,22H,1-2H3,(H,21,23,24). The normalized spacial score (nSPS) is 13.4. The van der Waals surface area contributed by atoms with E-state index in [0.29, 0.717) is 58.0 Å². The third-order valence-corrected chi connectivity index (χ3v) is 14.5. The van der Waals surface area contributed by atoms with Gasteiger partial charge in [0.05, 0.1) is 54.0 Å². The smallest absolute Gasteiger partial charge is 0.269 e. The lowest BCUT2D eigenvalue weighted by atomic mass is 10.1. The van der Waals surface area contributed by atoms with Crippen molar-refractivity contribution >= 4 is 79.4 Å². The van der Waals surface area contributed by atoms with Crippen LogP contribution in [0.5, 0.6) is 17.2 Å². The molecule has 3 aromatic carbocycles. The van der Waals surface area contributed by atoms with Crippen LogP contribution in [0.1, 0.15) is 52.9 Å². The third-order valence-electron chi connectivity index (χ3n) is 14.5. The second kappa shape index (κ2) is 27.6. The van der Waals surface area contributed by atoms with E-state index < -0.39 is 0 Å². The zero-order valence-electron chi connectivity index (χ0n) is 50.7. The number of methoxy groups -OCH3 is 1. The highest BCUT2D eigenvalue weighted by Crippen LogP contribution is 2.32. The van der Waals surface area contributed by atoms with Gasteiger partial charge in [-0.1, -0.05) is 6.92 Å². The molecular weight excluding hydrogens is 1140 g/mol. The Bertz CT molecular complexity index is 4490. The molecule has 2 amide bonds. The molecule has 1 aliphatic rings. The van der Waals surface area contributed by atoms with Gasteiger partial charge in [0, 0.05) is 139 Å². The highest BCUT2D eigenvalue weighted by molar-refractivity contribution is 5.99. The lowest BCUT2D eigenvalue weighted by molar-refractivity contribution is 0.0816. The first-order valence-electron chi connectivity index (χ1n) is 29.1. The number of hydrogen-bond donors (Lipinski definition) is 7. The van der Waals surface area contributed by atoms with Gasteiger partial charge in [-0.05, 0) is 141 Å². The molecule has 0 radical (unpaired) electrons. The molecule has 2 unspecified atom stereocenters. The molecule has 0 aliphatic heterocycles. The molecule has 0 spiro atoms. The van der Waals surface area contributed by atoms with Crippen molar-refractivity contribution in [3.8, 4) is 51.4 Å². The quantitative estimate of drug-likeness (QED) is 0.0446. The van der Waals surface area contributed by atoms with E-state index in [1.54, 1.807) is 102 Å². The predicted octanol–water partition coefficient (Wildman–Crippen LogP) is 11.9. The van der Waals surface area contributed by atoms with Gasteiger partial charge >= 0.3 is 0 Å². The summed E-state index contributed by atoms with van der Waals surface area (Å²) < 4.78 is 16.9. The predicted molar refractivity (Wildman–Crippen MR) is 348 cm³/mol. The van der Waals surface area contributed by atoms with Gasteiger partial charge in [0.25, 0.3) is 11.8 Å². The SMILES string of the molecule is CC1CCC(Oc2ccnc(-c3ccnc(Nc4ccc5[nH]c(C(=O)N(C)C)cc5c4)n3)c2)C1.CN(C)C(=O)c1cc2cc(Nc3nccc(-c4cc(OCCO)ccn4)n3)ccc2[nH]1.COc1ccnc(-c2ccnc(Nc3ccc4[nH]c(C)cc4c3)n2)c1. The minimum atomic E-state index is -0.0838. The molecule has 7 N–H and O–H groups in total. The molecule has 1 saturated carbocycles. The molecule has 0 bridgehead atoms. The summed E-state index contributed by atoms with van der Waals surface area (Å²) in [5.41, 5.74) is 11.8. The number of aliphatic hydroxyl groups excluding tert-OH is 1. The van der Waals surface area contributed by atoms with Gasteiger partial charge < -0.3 is 60.0 Å². The number of aromatic amines is 3. The number of anilines is 6. The van der Waals surface area contributed by atoms with Crippen molar-refractivity contribution < 1.29 is 28.9 Å². The summed E-state index contributed by atoms with van der Waals surface area (Å²) in [6.07, 6.45) is 13.8. The van der Waals surface area contributed by atoms with Crippen LogP contribution >= 0.6 is 0 Å². The van der Waals surface area contributed by atoms with Crippen LogP contribution in [-0.2, 0) is 0 Å². The molecule has 456 valence electrons. The van der Waals surface area contributed by atoms with Crippen molar-refractivity contribution in [2.45, 2.75) is 39.2 Å². The molecule has 1 fully saturated rings. The fraction of sp³-hybridized carbons (Fsp3) is 0.209. The zero-order valence-corrected chi connectivity index (χ0v) is 50.7. The number of H-pyrrole nitrogens is 3. The average Bonchev–Trinajstić information content (AvgIpc) is 2.00. The van der Waals surface area contributed by atoms with Crippen LogP contribution in [0.25, 0.3) is 66.9 Å². The molecule has 9 heterocycles. The van der Waals surface area contributed by atoms with Gasteiger partial charge in [-0.15, -0.1) is 0 Å². The molecule has 1 aliphatic carbocycles. The number of fused-ring (bicyclic) bond motifs is 3. The summed E-state index contributed by atoms with van der Waals surface area (Å²) in [5, 5.41) is 21.6. The highest BCUT2D eigenvalue weighted by Gasteiger charge is 2.23. The molecule has 0 saturated heterocycles. The number of rotatable bonds is 17. The summed E-state index contributed by atoms with van der Waals surface area (Å²) in [4.78, 5) is 77.0. The van der Waals surface area contributed by atoms with Crippen molar-refractivity contribution in [3.05, 3.63) is 182 Å². The zero-order chi connectivity index (χ0) is 62.7. The van der Waals surface area contributed by atoms with Crippen molar-refractivity contribution in [2.24, 2.45) is 5.92 Å². The maximum atomic E-state index is 12.2. The Balaban J connectivity index is 0.000000140. The molecule has 23 heteroatoms. The number of nitrogens with zero attached hydrogens (tertiary/aromatic N) is 11. The van der Waals surface area contributed by atoms with Crippen LogP contribution in [0, 0.1) is 12.8 Å². The Kier molecular flexibility index (Phi) is 18.5. The van der Waals surface area contributed by atoms with Crippen LogP contribution in [0.2, 0.25) is 0 Å². The van der Waals surface area contributed by atoms with E-state index in [2.05, 4.69) is 94.8 Å². The molecule has 90 heavy (non-hydrogen) atoms. The Labute approximate surface area is 518 Å². The second-order valence-electron chi connectivity index (χ2n) is 21.9.